The number of aliphatic hydroxyl groups excluding tert-OH is 1. The second-order valence-electron chi connectivity index (χ2n) is 10.9. The van der Waals surface area contributed by atoms with E-state index in [1.807, 2.05) is 0 Å². The van der Waals surface area contributed by atoms with Crippen molar-refractivity contribution in [2.24, 2.45) is 5.92 Å². The van der Waals surface area contributed by atoms with Crippen LogP contribution in [0.15, 0.2) is 17.4 Å². The second-order valence-corrected chi connectivity index (χ2v) is 16.0. The van der Waals surface area contributed by atoms with E-state index in [0.717, 1.165) is 11.5 Å². The Morgan fingerprint density at radius 1 is 1.13 bits per heavy atom. The van der Waals surface area contributed by atoms with Crippen LogP contribution in [0.25, 0.3) is 22.2 Å². The van der Waals surface area contributed by atoms with E-state index in [4.69, 9.17) is 39.0 Å². The van der Waals surface area contributed by atoms with Gasteiger partial charge in [-0.25, -0.2) is 24.1 Å². The van der Waals surface area contributed by atoms with Gasteiger partial charge in [0.2, 0.25) is 5.95 Å². The minimum Gasteiger partial charge on any atom is -0.387 e. The molecule has 24 heteroatoms. The number of anilines is 2. The number of nitrogens with one attached hydrogen (secondary N) is 1. The lowest BCUT2D eigenvalue weighted by atomic mass is 10.1. The van der Waals surface area contributed by atoms with Crippen molar-refractivity contribution < 1.29 is 46.7 Å². The van der Waals surface area contributed by atoms with Crippen LogP contribution in [0.2, 0.25) is 0 Å². The predicted molar refractivity (Wildman–Crippen MR) is 155 cm³/mol. The summed E-state index contributed by atoms with van der Waals surface area (Å²) in [6, 6.07) is 0. The van der Waals surface area contributed by atoms with Crippen molar-refractivity contribution in [2.45, 2.75) is 48.8 Å². The Balaban J connectivity index is 1.12. The molecular weight excluding hydrogens is 680 g/mol. The predicted octanol–water partition coefficient (Wildman–Crippen LogP) is 0.428. The van der Waals surface area contributed by atoms with Crippen molar-refractivity contribution >= 4 is 72.4 Å². The monoisotopic (exact) mass is 703 g/mol. The molecule has 7 heterocycles. The summed E-state index contributed by atoms with van der Waals surface area (Å²) >= 11 is 5.08. The fourth-order valence-corrected chi connectivity index (χ4v) is 9.34. The number of aromatic amines is 1. The molecule has 4 aromatic heterocycles. The lowest BCUT2D eigenvalue weighted by Crippen LogP contribution is -2.35. The van der Waals surface area contributed by atoms with Gasteiger partial charge in [-0.05, 0) is 18.0 Å². The number of nitrogens with zero attached hydrogens (tertiary/aromatic N) is 6. The average molecular weight is 704 g/mol. The third-order valence-electron chi connectivity index (χ3n) is 8.14. The molecule has 2 bridgehead atoms. The van der Waals surface area contributed by atoms with Gasteiger partial charge < -0.3 is 30.9 Å². The van der Waals surface area contributed by atoms with Gasteiger partial charge in [0.1, 0.15) is 53.5 Å². The van der Waals surface area contributed by atoms with Crippen LogP contribution >= 0.6 is 38.4 Å². The molecule has 4 aromatic rings. The van der Waals surface area contributed by atoms with Crippen LogP contribution in [0, 0.1) is 5.92 Å². The van der Waals surface area contributed by atoms with Gasteiger partial charge in [-0.1, -0.05) is 12.2 Å². The van der Waals surface area contributed by atoms with E-state index in [2.05, 4.69) is 41.5 Å². The third kappa shape index (κ3) is 4.91. The quantitative estimate of drug-likeness (QED) is 0.122. The second kappa shape index (κ2) is 10.2. The number of aromatic nitrogens is 7. The van der Waals surface area contributed by atoms with Crippen LogP contribution in [-0.4, -0.2) is 87.1 Å². The molecule has 7 N–H and O–H groups in total. The SMILES string of the molecule is Nc1nc2c(ncn2[C@@H]2O[C@]34CO[P@@](=O)(S)O[C@H]5[C@@H](O)[C@H](c6snc7c(N)ncnc67)O[C@@H]5COP(=O)(O)O[C@@H]2[C@@H]3C4)c(=O)[nH]1. The molecule has 4 aliphatic rings. The molecule has 1 aliphatic carbocycles. The van der Waals surface area contributed by atoms with E-state index in [9.17, 15) is 23.9 Å². The van der Waals surface area contributed by atoms with Crippen LogP contribution < -0.4 is 17.0 Å². The smallest absolute Gasteiger partial charge is 0.387 e. The minimum absolute atomic E-state index is 0.0371. The highest BCUT2D eigenvalue weighted by Gasteiger charge is 2.70. The first-order chi connectivity index (χ1) is 21.3. The lowest BCUT2D eigenvalue weighted by Gasteiger charge is -2.28. The Morgan fingerprint density at radius 3 is 2.78 bits per heavy atom. The number of H-pyrrole nitrogens is 1. The van der Waals surface area contributed by atoms with E-state index in [-0.39, 0.29) is 36.0 Å². The number of imidazole rings is 1. The van der Waals surface area contributed by atoms with E-state index >= 15 is 0 Å². The maximum absolute atomic E-state index is 13.5. The van der Waals surface area contributed by atoms with Crippen molar-refractivity contribution in [3.05, 3.63) is 27.9 Å². The Hall–Kier alpha value is -2.59. The van der Waals surface area contributed by atoms with Gasteiger partial charge in [0.15, 0.2) is 23.2 Å². The van der Waals surface area contributed by atoms with Crippen molar-refractivity contribution in [2.75, 3.05) is 24.7 Å². The standard InChI is InChI=1S/C21H23N9O11P2S2/c22-16-9-8(24-4-25-16)15(45-29-9)14-11(31)13-7(38-14)2-36-42(33,34)40-12-6-1-21(6,3-37-43(35,44)41-13)39-19(12)30-5-26-10-17(30)27-20(23)28-18(10)32/h4-7,11-14,19,31H,1-3H2,(H,33,34)(H,35,44)(H2,22,24,25)(H3,23,27,28,32)/t6-,7+,11+,12+,13+,14+,19+,21+,43+/m0/s1. The van der Waals surface area contributed by atoms with Gasteiger partial charge in [0, 0.05) is 5.92 Å². The van der Waals surface area contributed by atoms with E-state index in [0.29, 0.717) is 15.9 Å². The molecule has 45 heavy (non-hydrogen) atoms. The molecule has 0 aromatic carbocycles. The van der Waals surface area contributed by atoms with Gasteiger partial charge in [0.05, 0.1) is 24.4 Å². The number of nitrogen functional groups attached to an aromatic ring is 2. The Labute approximate surface area is 259 Å². The molecule has 3 saturated heterocycles. The molecule has 10 atom stereocenters. The van der Waals surface area contributed by atoms with E-state index < -0.39 is 75.1 Å². The summed E-state index contributed by atoms with van der Waals surface area (Å²) in [5, 5.41) is 11.3. The van der Waals surface area contributed by atoms with Crippen LogP contribution in [0.1, 0.15) is 23.6 Å². The molecule has 3 aliphatic heterocycles. The third-order valence-corrected chi connectivity index (χ3v) is 11.6. The number of nitrogens with two attached hydrogens (primary N) is 2. The number of phosphoric ester groups is 1. The summed E-state index contributed by atoms with van der Waals surface area (Å²) in [7, 11) is -4.88. The van der Waals surface area contributed by atoms with Crippen molar-refractivity contribution in [3.8, 4) is 0 Å². The number of hydrogen-bond acceptors (Lipinski definition) is 18. The maximum atomic E-state index is 13.5. The largest absolute Gasteiger partial charge is 0.472 e. The zero-order valence-corrected chi connectivity index (χ0v) is 26.0. The Kier molecular flexibility index (Phi) is 6.75. The maximum Gasteiger partial charge on any atom is 0.472 e. The highest BCUT2D eigenvalue weighted by atomic mass is 32.7. The summed E-state index contributed by atoms with van der Waals surface area (Å²) in [6.07, 6.45) is -4.81. The number of thiol groups is 1. The number of hydrogen-bond donors (Lipinski definition) is 6. The van der Waals surface area contributed by atoms with Gasteiger partial charge >= 0.3 is 14.6 Å². The molecule has 0 radical (unpaired) electrons. The van der Waals surface area contributed by atoms with Crippen LogP contribution in [0.5, 0.6) is 0 Å². The highest BCUT2D eigenvalue weighted by molar-refractivity contribution is 8.44. The summed E-state index contributed by atoms with van der Waals surface area (Å²) in [5.41, 5.74) is 10.5. The van der Waals surface area contributed by atoms with E-state index in [1.54, 1.807) is 0 Å². The fraction of sp³-hybridized carbons (Fsp3) is 0.524. The molecular formula is C21H23N9O11P2S2. The van der Waals surface area contributed by atoms with Crippen LogP contribution in [-0.2, 0) is 36.7 Å². The first-order valence-electron chi connectivity index (χ1n) is 13.3. The molecule has 20 nitrogen and oxygen atoms in total. The molecule has 4 fully saturated rings. The van der Waals surface area contributed by atoms with Gasteiger partial charge in [-0.15, -0.1) is 0 Å². The number of ether oxygens (including phenoxy) is 2. The normalized spacial score (nSPS) is 40.0. The van der Waals surface area contributed by atoms with Gasteiger partial charge in [0.25, 0.3) is 5.56 Å². The van der Waals surface area contributed by atoms with E-state index in [1.165, 1.54) is 17.2 Å². The number of rotatable bonds is 2. The summed E-state index contributed by atoms with van der Waals surface area (Å²) in [4.78, 5) is 42.2. The number of phosphoric acid groups is 1. The van der Waals surface area contributed by atoms with Crippen LogP contribution in [0.3, 0.4) is 0 Å². The summed E-state index contributed by atoms with van der Waals surface area (Å²) in [5.74, 6) is -0.614. The minimum atomic E-state index is -4.88. The zero-order valence-electron chi connectivity index (χ0n) is 22.5. The lowest BCUT2D eigenvalue weighted by molar-refractivity contribution is -0.0910. The Morgan fingerprint density at radius 2 is 1.96 bits per heavy atom. The van der Waals surface area contributed by atoms with Crippen molar-refractivity contribution in [3.63, 3.8) is 0 Å². The van der Waals surface area contributed by atoms with Gasteiger partial charge in [-0.2, -0.15) is 9.36 Å². The molecule has 0 spiro atoms. The average Bonchev–Trinajstić information content (AvgIpc) is 3.31. The van der Waals surface area contributed by atoms with Crippen molar-refractivity contribution in [1.29, 1.82) is 0 Å². The number of fused-ring (bicyclic) bond motifs is 3. The summed E-state index contributed by atoms with van der Waals surface area (Å²) in [6.45, 7) is -5.22. The molecule has 240 valence electrons. The van der Waals surface area contributed by atoms with Crippen LogP contribution in [0.4, 0.5) is 11.8 Å². The highest BCUT2D eigenvalue weighted by Crippen LogP contribution is 2.67. The number of aliphatic hydroxyl groups is 1. The van der Waals surface area contributed by atoms with Crippen molar-refractivity contribution in [1.82, 2.24) is 33.9 Å². The Bertz CT molecular complexity index is 2010. The molecule has 1 saturated carbocycles. The zero-order chi connectivity index (χ0) is 31.5. The molecule has 8 rings (SSSR count). The first-order valence-corrected chi connectivity index (χ1v) is 18.2. The first kappa shape index (κ1) is 29.8. The molecule has 1 unspecified atom stereocenters. The fourth-order valence-electron chi connectivity index (χ4n) is 5.97. The molecule has 0 amide bonds. The van der Waals surface area contributed by atoms with Gasteiger partial charge in [-0.3, -0.25) is 32.4 Å². The summed E-state index contributed by atoms with van der Waals surface area (Å²) < 4.78 is 67.1. The topological polar surface area (TPSA) is 284 Å².